The van der Waals surface area contributed by atoms with Crippen LogP contribution in [0, 0.1) is 34.5 Å². The van der Waals surface area contributed by atoms with Crippen LogP contribution < -0.4 is 0 Å². The summed E-state index contributed by atoms with van der Waals surface area (Å²) in [5.74, 6) is 1.84. The molecule has 1 saturated heterocycles. The smallest absolute Gasteiger partial charge is 0.156 e. The van der Waals surface area contributed by atoms with E-state index in [4.69, 9.17) is 9.47 Å². The first-order valence-electron chi connectivity index (χ1n) is 10.5. The molecule has 1 aliphatic heterocycles. The molecule has 5 aliphatic rings. The number of rotatable bonds is 1. The van der Waals surface area contributed by atoms with Gasteiger partial charge in [0.15, 0.2) is 5.78 Å². The molecule has 4 heteroatoms. The summed E-state index contributed by atoms with van der Waals surface area (Å²) in [6.45, 7) is 7.75. The Morgan fingerprint density at radius 1 is 1.15 bits per heavy atom. The summed E-state index contributed by atoms with van der Waals surface area (Å²) in [5, 5.41) is 0. The highest BCUT2D eigenvalue weighted by Gasteiger charge is 2.63. The van der Waals surface area contributed by atoms with Crippen LogP contribution in [0.2, 0.25) is 0 Å². The van der Waals surface area contributed by atoms with E-state index in [0.717, 1.165) is 24.8 Å². The fourth-order valence-electron chi connectivity index (χ4n) is 7.48. The topological polar surface area (TPSA) is 52.6 Å². The second-order valence-corrected chi connectivity index (χ2v) is 9.98. The molecule has 5 rings (SSSR count). The Morgan fingerprint density at radius 2 is 1.93 bits per heavy atom. The zero-order chi connectivity index (χ0) is 19.0. The molecule has 2 saturated carbocycles. The molecule has 0 radical (unpaired) electrons. The van der Waals surface area contributed by atoms with Crippen molar-refractivity contribution < 1.29 is 19.1 Å². The van der Waals surface area contributed by atoms with Gasteiger partial charge < -0.3 is 9.47 Å². The number of Topliss-reactive ketones (excluding diaryl/α,β-unsaturated/α-hetero) is 1. The van der Waals surface area contributed by atoms with Crippen LogP contribution >= 0.6 is 0 Å². The highest BCUT2D eigenvalue weighted by Crippen LogP contribution is 2.65. The molecule has 4 nitrogen and oxygen atoms in total. The van der Waals surface area contributed by atoms with Crippen molar-refractivity contribution in [2.75, 3.05) is 13.4 Å². The van der Waals surface area contributed by atoms with Crippen molar-refractivity contribution in [3.8, 4) is 0 Å². The van der Waals surface area contributed by atoms with Crippen LogP contribution in [-0.2, 0) is 19.1 Å². The van der Waals surface area contributed by atoms with Crippen molar-refractivity contribution in [3.63, 3.8) is 0 Å². The second-order valence-electron chi connectivity index (χ2n) is 9.98. The zero-order valence-electron chi connectivity index (χ0n) is 16.6. The molecule has 0 aromatic carbocycles. The summed E-state index contributed by atoms with van der Waals surface area (Å²) in [5.41, 5.74) is 2.16. The van der Waals surface area contributed by atoms with Gasteiger partial charge in [0.25, 0.3) is 0 Å². The number of hydrogen-bond donors (Lipinski definition) is 0. The van der Waals surface area contributed by atoms with Crippen molar-refractivity contribution >= 4 is 11.6 Å². The van der Waals surface area contributed by atoms with Gasteiger partial charge in [0.05, 0.1) is 12.7 Å². The van der Waals surface area contributed by atoms with Gasteiger partial charge in [0.1, 0.15) is 12.6 Å². The largest absolute Gasteiger partial charge is 0.353 e. The summed E-state index contributed by atoms with van der Waals surface area (Å²) in [6.07, 6.45) is 8.61. The molecular formula is C23H30O4. The Kier molecular flexibility index (Phi) is 3.87. The first-order chi connectivity index (χ1) is 12.8. The quantitative estimate of drug-likeness (QED) is 0.703. The van der Waals surface area contributed by atoms with E-state index < -0.39 is 0 Å². The van der Waals surface area contributed by atoms with Crippen molar-refractivity contribution in [3.05, 3.63) is 23.3 Å². The van der Waals surface area contributed by atoms with Crippen LogP contribution in [0.4, 0.5) is 0 Å². The Morgan fingerprint density at radius 3 is 2.67 bits per heavy atom. The Hall–Kier alpha value is -1.26. The number of carbonyl (C=O) groups excluding carboxylic acids is 2. The summed E-state index contributed by atoms with van der Waals surface area (Å²) >= 11 is 0. The first kappa shape index (κ1) is 17.8. The number of ketones is 2. The Labute approximate surface area is 161 Å². The van der Waals surface area contributed by atoms with E-state index in [1.807, 2.05) is 6.08 Å². The van der Waals surface area contributed by atoms with E-state index in [-0.39, 0.29) is 28.6 Å². The van der Waals surface area contributed by atoms with Crippen LogP contribution in [0.1, 0.15) is 52.9 Å². The minimum absolute atomic E-state index is 0.00450. The minimum atomic E-state index is -0.180. The average molecular weight is 370 g/mol. The maximum absolute atomic E-state index is 13.6. The lowest BCUT2D eigenvalue weighted by molar-refractivity contribution is -0.143. The number of hydrogen-bond acceptors (Lipinski definition) is 4. The third-order valence-electron chi connectivity index (χ3n) is 8.70. The summed E-state index contributed by atoms with van der Waals surface area (Å²) < 4.78 is 11.3. The van der Waals surface area contributed by atoms with E-state index in [2.05, 4.69) is 26.8 Å². The highest BCUT2D eigenvalue weighted by molar-refractivity contribution is 5.94. The molecule has 0 amide bonds. The van der Waals surface area contributed by atoms with Gasteiger partial charge in [-0.05, 0) is 61.0 Å². The maximum atomic E-state index is 13.6. The van der Waals surface area contributed by atoms with Crippen molar-refractivity contribution in [2.24, 2.45) is 34.5 Å². The molecule has 146 valence electrons. The van der Waals surface area contributed by atoms with Crippen molar-refractivity contribution in [1.82, 2.24) is 0 Å². The van der Waals surface area contributed by atoms with Crippen LogP contribution in [0.3, 0.4) is 0 Å². The monoisotopic (exact) mass is 370 g/mol. The third-order valence-corrected chi connectivity index (χ3v) is 8.70. The highest BCUT2D eigenvalue weighted by atomic mass is 16.7. The van der Waals surface area contributed by atoms with Gasteiger partial charge in [-0.25, -0.2) is 0 Å². The standard InChI is InChI=1S/C23H30O4/c1-13-8-15-16-4-5-17(20-11-26-12-27-20)23(16,3)10-19(25)21(15)22(2)7-6-14(24)9-18(13)22/h8-9,15-17,20-21H,4-7,10-12H2,1-3H3/t15-,16-,17+,20?,21+,22-,23-/m0/s1. The van der Waals surface area contributed by atoms with Crippen LogP contribution in [0.5, 0.6) is 0 Å². The molecule has 0 aromatic heterocycles. The van der Waals surface area contributed by atoms with Gasteiger partial charge >= 0.3 is 0 Å². The zero-order valence-corrected chi connectivity index (χ0v) is 16.6. The summed E-state index contributed by atoms with van der Waals surface area (Å²) in [6, 6.07) is 0. The fourth-order valence-corrected chi connectivity index (χ4v) is 7.48. The molecular weight excluding hydrogens is 340 g/mol. The predicted molar refractivity (Wildman–Crippen MR) is 101 cm³/mol. The molecule has 0 spiro atoms. The molecule has 4 aliphatic carbocycles. The maximum Gasteiger partial charge on any atom is 0.156 e. The van der Waals surface area contributed by atoms with E-state index in [1.54, 1.807) is 0 Å². The normalized spacial score (nSPS) is 49.2. The Balaban J connectivity index is 1.57. The van der Waals surface area contributed by atoms with Crippen LogP contribution in [0.25, 0.3) is 0 Å². The van der Waals surface area contributed by atoms with Crippen molar-refractivity contribution in [2.45, 2.75) is 59.0 Å². The Bertz CT molecular complexity index is 758. The molecule has 0 aromatic rings. The van der Waals surface area contributed by atoms with Crippen LogP contribution in [0.15, 0.2) is 23.3 Å². The van der Waals surface area contributed by atoms with Gasteiger partial charge in [0, 0.05) is 24.2 Å². The molecule has 1 heterocycles. The van der Waals surface area contributed by atoms with E-state index in [0.29, 0.717) is 49.8 Å². The van der Waals surface area contributed by atoms with Gasteiger partial charge in [-0.1, -0.05) is 25.5 Å². The number of ether oxygens (including phenoxy) is 2. The number of fused-ring (bicyclic) bond motifs is 5. The minimum Gasteiger partial charge on any atom is -0.353 e. The average Bonchev–Trinajstić information content (AvgIpc) is 3.23. The fraction of sp³-hybridized carbons (Fsp3) is 0.739. The van der Waals surface area contributed by atoms with E-state index in [1.165, 1.54) is 5.57 Å². The molecule has 7 atom stereocenters. The molecule has 3 fully saturated rings. The summed E-state index contributed by atoms with van der Waals surface area (Å²) in [7, 11) is 0. The third kappa shape index (κ3) is 2.35. The number of allylic oxidation sites excluding steroid dienone is 4. The predicted octanol–water partition coefficient (Wildman–Crippen LogP) is 3.85. The molecule has 1 unspecified atom stereocenters. The summed E-state index contributed by atoms with van der Waals surface area (Å²) in [4.78, 5) is 25.6. The van der Waals surface area contributed by atoms with Gasteiger partial charge in [-0.3, -0.25) is 9.59 Å². The molecule has 0 bridgehead atoms. The van der Waals surface area contributed by atoms with Crippen molar-refractivity contribution in [1.29, 1.82) is 0 Å². The van der Waals surface area contributed by atoms with Gasteiger partial charge in [-0.15, -0.1) is 0 Å². The van der Waals surface area contributed by atoms with E-state index in [9.17, 15) is 9.59 Å². The lowest BCUT2D eigenvalue weighted by Gasteiger charge is -2.56. The first-order valence-corrected chi connectivity index (χ1v) is 10.5. The lowest BCUT2D eigenvalue weighted by atomic mass is 9.47. The molecule has 27 heavy (non-hydrogen) atoms. The van der Waals surface area contributed by atoms with Gasteiger partial charge in [0.2, 0.25) is 0 Å². The van der Waals surface area contributed by atoms with Gasteiger partial charge in [-0.2, -0.15) is 0 Å². The van der Waals surface area contributed by atoms with Crippen LogP contribution in [-0.4, -0.2) is 31.1 Å². The molecule has 0 N–H and O–H groups in total. The second kappa shape index (κ2) is 5.87. The lowest BCUT2D eigenvalue weighted by Crippen LogP contribution is -2.55. The van der Waals surface area contributed by atoms with E-state index >= 15 is 0 Å². The number of carbonyl (C=O) groups is 2. The SMILES string of the molecule is CC1=C[C@H]2[C@@H]3CC[C@H](C4COCO4)[C@@]3(C)CC(=O)[C@@H]2[C@@]2(C)CCC(=O)C=C12.